The maximum Gasteiger partial charge on any atom is 0.338 e. The van der Waals surface area contributed by atoms with Gasteiger partial charge in [-0.1, -0.05) is 53.8 Å². The van der Waals surface area contributed by atoms with Crippen LogP contribution in [0.25, 0.3) is 17.5 Å². The summed E-state index contributed by atoms with van der Waals surface area (Å²) in [4.78, 5) is 33.6. The number of hydrogen-bond donors (Lipinski definition) is 0. The molecule has 1 atom stereocenters. The van der Waals surface area contributed by atoms with E-state index in [4.69, 9.17) is 19.2 Å². The summed E-state index contributed by atoms with van der Waals surface area (Å²) in [6, 6.07) is 22.1. The van der Waals surface area contributed by atoms with Gasteiger partial charge in [0.25, 0.3) is 5.56 Å². The van der Waals surface area contributed by atoms with E-state index in [0.717, 1.165) is 22.6 Å². The van der Waals surface area contributed by atoms with Crippen molar-refractivity contribution in [1.82, 2.24) is 9.13 Å². The lowest BCUT2D eigenvalue weighted by molar-refractivity contribution is -0.138. The number of hydrogen-bond acceptors (Lipinski definition) is 7. The van der Waals surface area contributed by atoms with Crippen LogP contribution in [0.1, 0.15) is 41.0 Å². The predicted molar refractivity (Wildman–Crippen MR) is 176 cm³/mol. The van der Waals surface area contributed by atoms with Crippen LogP contribution in [0.15, 0.2) is 94.2 Å². The van der Waals surface area contributed by atoms with Gasteiger partial charge >= 0.3 is 5.97 Å². The Hall–Kier alpha value is -5.22. The normalized spacial score (nSPS) is 14.6. The number of carbonyl (C=O) groups is 1. The number of halogens is 1. The Kier molecular flexibility index (Phi) is 8.46. The summed E-state index contributed by atoms with van der Waals surface area (Å²) < 4.78 is 34.6. The molecule has 0 aliphatic carbocycles. The van der Waals surface area contributed by atoms with Gasteiger partial charge in [0.15, 0.2) is 16.3 Å². The molecule has 0 saturated carbocycles. The Labute approximate surface area is 269 Å². The van der Waals surface area contributed by atoms with Gasteiger partial charge in [-0.05, 0) is 68.8 Å². The van der Waals surface area contributed by atoms with Gasteiger partial charge in [0, 0.05) is 28.2 Å². The van der Waals surface area contributed by atoms with Crippen LogP contribution in [0.2, 0.25) is 0 Å². The molecule has 1 aliphatic rings. The number of carbonyl (C=O) groups excluding carboxylic acids is 1. The molecule has 234 valence electrons. The van der Waals surface area contributed by atoms with Gasteiger partial charge in [0.2, 0.25) is 0 Å². The molecule has 10 heteroatoms. The summed E-state index contributed by atoms with van der Waals surface area (Å²) in [5, 5.41) is 0. The average Bonchev–Trinajstić information content (AvgIpc) is 3.53. The minimum Gasteiger partial charge on any atom is -0.493 e. The van der Waals surface area contributed by atoms with Crippen LogP contribution in [-0.2, 0) is 9.53 Å². The maximum absolute atomic E-state index is 14.4. The maximum atomic E-state index is 14.4. The van der Waals surface area contributed by atoms with Gasteiger partial charge in [0.1, 0.15) is 11.9 Å². The fourth-order valence-corrected chi connectivity index (χ4v) is 6.92. The fourth-order valence-electron chi connectivity index (χ4n) is 5.92. The Morgan fingerprint density at radius 2 is 1.74 bits per heavy atom. The molecule has 0 spiro atoms. The number of ether oxygens (including phenoxy) is 3. The summed E-state index contributed by atoms with van der Waals surface area (Å²) in [6.07, 6.45) is 1.84. The van der Waals surface area contributed by atoms with Crippen LogP contribution in [0.5, 0.6) is 11.5 Å². The van der Waals surface area contributed by atoms with E-state index in [-0.39, 0.29) is 23.6 Å². The smallest absolute Gasteiger partial charge is 0.338 e. The van der Waals surface area contributed by atoms with E-state index >= 15 is 0 Å². The Balaban J connectivity index is 1.64. The number of fused-ring (bicyclic) bond motifs is 1. The second kappa shape index (κ2) is 12.6. The number of esters is 1. The molecule has 0 fully saturated rings. The van der Waals surface area contributed by atoms with Crippen molar-refractivity contribution in [3.05, 3.63) is 138 Å². The zero-order valence-corrected chi connectivity index (χ0v) is 26.9. The van der Waals surface area contributed by atoms with Gasteiger partial charge in [-0.2, -0.15) is 0 Å². The molecular formula is C36H32FN3O5S. The van der Waals surface area contributed by atoms with Gasteiger partial charge in [-0.15, -0.1) is 0 Å². The van der Waals surface area contributed by atoms with E-state index in [9.17, 15) is 14.0 Å². The third kappa shape index (κ3) is 5.34. The molecule has 2 aromatic heterocycles. The van der Waals surface area contributed by atoms with Crippen LogP contribution in [0.3, 0.4) is 0 Å². The van der Waals surface area contributed by atoms with E-state index in [1.165, 1.54) is 42.3 Å². The molecule has 0 bridgehead atoms. The second-order valence-electron chi connectivity index (χ2n) is 10.7. The van der Waals surface area contributed by atoms with Crippen molar-refractivity contribution in [2.75, 3.05) is 20.8 Å². The minimum absolute atomic E-state index is 0.139. The first-order valence-electron chi connectivity index (χ1n) is 14.7. The summed E-state index contributed by atoms with van der Waals surface area (Å²) in [7, 11) is 3.06. The number of nitrogens with zero attached hydrogens (tertiary/aromatic N) is 3. The number of aromatic nitrogens is 2. The molecule has 3 aromatic carbocycles. The van der Waals surface area contributed by atoms with Crippen molar-refractivity contribution in [3.63, 3.8) is 0 Å². The summed E-state index contributed by atoms with van der Waals surface area (Å²) in [6.45, 7) is 5.79. The number of thiazole rings is 1. The molecular weight excluding hydrogens is 605 g/mol. The Bertz CT molecular complexity index is 2160. The van der Waals surface area contributed by atoms with Crippen molar-refractivity contribution in [2.24, 2.45) is 4.99 Å². The van der Waals surface area contributed by atoms with E-state index in [0.29, 0.717) is 37.7 Å². The topological polar surface area (TPSA) is 84.1 Å². The van der Waals surface area contributed by atoms with Crippen LogP contribution in [-0.4, -0.2) is 35.9 Å². The summed E-state index contributed by atoms with van der Waals surface area (Å²) >= 11 is 1.24. The first-order valence-corrected chi connectivity index (χ1v) is 15.5. The molecule has 0 amide bonds. The fraction of sp³-hybridized carbons (Fsp3) is 0.194. The van der Waals surface area contributed by atoms with Crippen molar-refractivity contribution < 1.29 is 23.4 Å². The van der Waals surface area contributed by atoms with Crippen molar-refractivity contribution in [1.29, 1.82) is 0 Å². The molecule has 0 N–H and O–H groups in total. The van der Waals surface area contributed by atoms with Crippen LogP contribution in [0, 0.1) is 19.7 Å². The highest BCUT2D eigenvalue weighted by molar-refractivity contribution is 7.07. The Morgan fingerprint density at radius 1 is 1.00 bits per heavy atom. The third-order valence-corrected chi connectivity index (χ3v) is 8.93. The number of benzene rings is 3. The van der Waals surface area contributed by atoms with Crippen molar-refractivity contribution >= 4 is 29.1 Å². The Morgan fingerprint density at radius 3 is 2.41 bits per heavy atom. The van der Waals surface area contributed by atoms with E-state index in [1.807, 2.05) is 67.0 Å². The standard InChI is InChI=1S/C36H32FN3O5S/c1-6-45-35(42)30-31(23-11-8-7-9-12-23)38-36-40(32(30)27-13-10-14-28(43-4)33(27)44-5)34(41)29(46-36)20-24-19-21(2)39(22(24)3)26-17-15-25(37)16-18-26/h7-20,32H,6H2,1-5H3/b29-20-/t32-/m0/s1. The molecule has 0 radical (unpaired) electrons. The molecule has 1 aliphatic heterocycles. The highest BCUT2D eigenvalue weighted by Gasteiger charge is 2.37. The lowest BCUT2D eigenvalue weighted by Gasteiger charge is -2.27. The molecule has 6 rings (SSSR count). The lowest BCUT2D eigenvalue weighted by Crippen LogP contribution is -2.40. The number of para-hydroxylation sites is 1. The average molecular weight is 638 g/mol. The largest absolute Gasteiger partial charge is 0.493 e. The van der Waals surface area contributed by atoms with Crippen LogP contribution < -0.4 is 24.4 Å². The van der Waals surface area contributed by atoms with E-state index < -0.39 is 12.0 Å². The SMILES string of the molecule is CCOC(=O)C1=C(c2ccccc2)N=c2s/c(=C\c3cc(C)n(-c4ccc(F)cc4)c3C)c(=O)n2[C@H]1c1cccc(OC)c1OC. The molecule has 0 saturated heterocycles. The van der Waals surface area contributed by atoms with Gasteiger partial charge in [-0.25, -0.2) is 14.2 Å². The monoisotopic (exact) mass is 637 g/mol. The first-order chi connectivity index (χ1) is 22.3. The molecule has 46 heavy (non-hydrogen) atoms. The second-order valence-corrected chi connectivity index (χ2v) is 11.7. The first kappa shape index (κ1) is 30.8. The van der Waals surface area contributed by atoms with Crippen LogP contribution in [0.4, 0.5) is 4.39 Å². The van der Waals surface area contributed by atoms with Gasteiger partial charge in [0.05, 0.1) is 36.6 Å². The highest BCUT2D eigenvalue weighted by Crippen LogP contribution is 2.42. The van der Waals surface area contributed by atoms with Crippen molar-refractivity contribution in [2.45, 2.75) is 26.8 Å². The summed E-state index contributed by atoms with van der Waals surface area (Å²) in [5.41, 5.74) is 5.03. The quantitative estimate of drug-likeness (QED) is 0.210. The van der Waals surface area contributed by atoms with Gasteiger partial charge in [-0.3, -0.25) is 9.36 Å². The number of methoxy groups -OCH3 is 2. The van der Waals surface area contributed by atoms with Crippen molar-refractivity contribution in [3.8, 4) is 17.2 Å². The summed E-state index contributed by atoms with van der Waals surface area (Å²) in [5.74, 6) is -0.0516. The molecule has 3 heterocycles. The van der Waals surface area contributed by atoms with E-state index in [2.05, 4.69) is 0 Å². The number of aryl methyl sites for hydroxylation is 1. The zero-order valence-electron chi connectivity index (χ0n) is 26.0. The molecule has 5 aromatic rings. The minimum atomic E-state index is -0.927. The zero-order chi connectivity index (χ0) is 32.5. The van der Waals surface area contributed by atoms with Crippen LogP contribution >= 0.6 is 11.3 Å². The van der Waals surface area contributed by atoms with E-state index in [1.54, 1.807) is 31.2 Å². The molecule has 8 nitrogen and oxygen atoms in total. The molecule has 0 unspecified atom stereocenters. The number of rotatable bonds is 8. The predicted octanol–water partition coefficient (Wildman–Crippen LogP) is 5.50. The van der Waals surface area contributed by atoms with Gasteiger partial charge < -0.3 is 18.8 Å². The third-order valence-electron chi connectivity index (χ3n) is 7.94. The lowest BCUT2D eigenvalue weighted by atomic mass is 9.92. The highest BCUT2D eigenvalue weighted by atomic mass is 32.1.